The van der Waals surface area contributed by atoms with Gasteiger partial charge < -0.3 is 48.9 Å². The maximum atomic E-state index is 13.5. The van der Waals surface area contributed by atoms with Crippen LogP contribution in [0.4, 0.5) is 11.5 Å². The fourth-order valence-corrected chi connectivity index (χ4v) is 12.6. The lowest BCUT2D eigenvalue weighted by molar-refractivity contribution is -0.176. The van der Waals surface area contributed by atoms with E-state index < -0.39 is 49.0 Å². The van der Waals surface area contributed by atoms with Crippen molar-refractivity contribution in [1.82, 2.24) is 24.8 Å². The number of nitrogens with one attached hydrogen (secondary N) is 4. The molecule has 2 aromatic heterocycles. The Kier molecular flexibility index (Phi) is 15.8. The first kappa shape index (κ1) is 52.8. The molecule has 2 fully saturated rings. The summed E-state index contributed by atoms with van der Waals surface area (Å²) >= 11 is 5.72. The van der Waals surface area contributed by atoms with E-state index in [1.165, 1.54) is 51.1 Å². The highest BCUT2D eigenvalue weighted by molar-refractivity contribution is 7.90. The van der Waals surface area contributed by atoms with E-state index >= 15 is 0 Å². The number of piperidine rings is 1. The summed E-state index contributed by atoms with van der Waals surface area (Å²) in [6.07, 6.45) is 2.62. The number of anilines is 2. The minimum atomic E-state index is -4.07. The summed E-state index contributed by atoms with van der Waals surface area (Å²) < 4.78 is 87.0. The molecule has 4 aliphatic rings. The Morgan fingerprint density at radius 3 is 2.32 bits per heavy atom. The number of carbonyl (C=O) groups excluding carboxylic acids is 2. The highest BCUT2D eigenvalue weighted by Gasteiger charge is 2.54. The topological polar surface area (TPSA) is 300 Å². The first-order valence-electron chi connectivity index (χ1n) is 22.8. The predicted molar refractivity (Wildman–Crippen MR) is 270 cm³/mol. The van der Waals surface area contributed by atoms with Crippen molar-refractivity contribution in [2.45, 2.75) is 47.3 Å². The van der Waals surface area contributed by atoms with Crippen molar-refractivity contribution in [2.75, 3.05) is 73.2 Å². The number of fused-ring (bicyclic) bond motifs is 8. The van der Waals surface area contributed by atoms with E-state index in [1.807, 2.05) is 36.4 Å². The van der Waals surface area contributed by atoms with E-state index in [2.05, 4.69) is 41.6 Å². The molecule has 390 valence electrons. The summed E-state index contributed by atoms with van der Waals surface area (Å²) in [5.74, 6) is 6.31. The van der Waals surface area contributed by atoms with E-state index in [1.54, 1.807) is 32.5 Å². The number of rotatable bonds is 10. The number of benzene rings is 4. The monoisotopic (exact) mass is 1070 g/mol. The molecular weight excluding hydrogens is 1010 g/mol. The lowest BCUT2D eigenvalue weighted by Crippen LogP contribution is -2.58. The Labute approximate surface area is 426 Å². The molecule has 0 amide bonds. The SMILES string of the molecule is COC(=O)[C@H]1[C@H]2C[C@@H]3c4[nH]c5cc(OC)ccc5c4CCN3C[C@H]2C[C@@H](OC(=O)c2cc(OC)c(OC)c(OC)c2)[C@@H]1OC.NNc1nncc2ccccc12.NS(=O)(=O)c1cc2c(cc1Cl)NCNS2(=O)=O. The van der Waals surface area contributed by atoms with Gasteiger partial charge >= 0.3 is 11.9 Å². The molecule has 3 aliphatic heterocycles. The van der Waals surface area contributed by atoms with Crippen LogP contribution in [-0.4, -0.2) is 123 Å². The molecule has 1 saturated carbocycles. The third-order valence-corrected chi connectivity index (χ3v) is 16.5. The van der Waals surface area contributed by atoms with Crippen molar-refractivity contribution >= 4 is 76.8 Å². The number of sulfonamides is 2. The van der Waals surface area contributed by atoms with Crippen LogP contribution in [0.15, 0.2) is 82.7 Å². The summed E-state index contributed by atoms with van der Waals surface area (Å²) in [5.41, 5.74) is 6.56. The lowest BCUT2D eigenvalue weighted by atomic mass is 9.63. The quantitative estimate of drug-likeness (QED) is 0.0613. The van der Waals surface area contributed by atoms with E-state index in [0.29, 0.717) is 29.5 Å². The number of methoxy groups -OCH3 is 6. The van der Waals surface area contributed by atoms with Gasteiger partial charge in [0.1, 0.15) is 27.7 Å². The molecule has 8 N–H and O–H groups in total. The van der Waals surface area contributed by atoms with Crippen LogP contribution in [0.5, 0.6) is 23.0 Å². The second-order valence-electron chi connectivity index (χ2n) is 17.4. The molecule has 6 atom stereocenters. The van der Waals surface area contributed by atoms with Gasteiger partial charge in [-0.25, -0.2) is 32.6 Å². The molecule has 0 bridgehead atoms. The Bertz CT molecular complexity index is 3240. The van der Waals surface area contributed by atoms with Crippen LogP contribution >= 0.6 is 11.6 Å². The highest BCUT2D eigenvalue weighted by atomic mass is 35.5. The van der Waals surface area contributed by atoms with E-state index in [-0.39, 0.29) is 51.7 Å². The zero-order chi connectivity index (χ0) is 52.4. The molecule has 6 aromatic rings. The summed E-state index contributed by atoms with van der Waals surface area (Å²) in [5, 5.41) is 18.4. The van der Waals surface area contributed by atoms with E-state index in [9.17, 15) is 26.4 Å². The number of nitrogens with zero attached hydrogens (tertiary/aromatic N) is 3. The maximum Gasteiger partial charge on any atom is 0.338 e. The number of hydrogen-bond donors (Lipinski definition) is 6. The number of carbonyl (C=O) groups is 2. The Hall–Kier alpha value is -6.51. The van der Waals surface area contributed by atoms with Crippen molar-refractivity contribution in [3.63, 3.8) is 0 Å². The smallest absolute Gasteiger partial charge is 0.338 e. The maximum absolute atomic E-state index is 13.5. The second kappa shape index (κ2) is 21.9. The van der Waals surface area contributed by atoms with Gasteiger partial charge in [-0.3, -0.25) is 9.69 Å². The molecule has 25 heteroatoms. The summed E-state index contributed by atoms with van der Waals surface area (Å²) in [6.45, 7) is 1.70. The largest absolute Gasteiger partial charge is 0.497 e. The average Bonchev–Trinajstić information content (AvgIpc) is 3.77. The molecular formula is C48H56ClN9O13S2. The molecule has 1 saturated heterocycles. The summed E-state index contributed by atoms with van der Waals surface area (Å²) in [7, 11) is 1.30. The van der Waals surface area contributed by atoms with Crippen LogP contribution in [-0.2, 0) is 45.5 Å². The number of H-pyrrole nitrogens is 1. The van der Waals surface area contributed by atoms with Crippen molar-refractivity contribution in [1.29, 1.82) is 0 Å². The van der Waals surface area contributed by atoms with E-state index in [4.69, 9.17) is 55.7 Å². The Morgan fingerprint density at radius 1 is 0.918 bits per heavy atom. The fraction of sp³-hybridized carbons (Fsp3) is 0.375. The first-order chi connectivity index (χ1) is 35.0. The third-order valence-electron chi connectivity index (χ3n) is 13.6. The third kappa shape index (κ3) is 10.6. The Morgan fingerprint density at radius 2 is 1.66 bits per heavy atom. The number of hydrogen-bond acceptors (Lipinski definition) is 19. The van der Waals surface area contributed by atoms with Gasteiger partial charge in [0.05, 0.1) is 76.6 Å². The van der Waals surface area contributed by atoms with Gasteiger partial charge in [0.2, 0.25) is 25.8 Å². The molecule has 0 radical (unpaired) electrons. The molecule has 0 spiro atoms. The molecule has 1 aliphatic carbocycles. The van der Waals surface area contributed by atoms with Crippen LogP contribution in [0.1, 0.15) is 40.5 Å². The number of hydrazine groups is 1. The molecule has 4 aromatic carbocycles. The summed E-state index contributed by atoms with van der Waals surface area (Å²) in [6, 6.07) is 19.3. The number of nitrogens with two attached hydrogens (primary N) is 2. The van der Waals surface area contributed by atoms with Gasteiger partial charge in [0.15, 0.2) is 17.3 Å². The number of aromatic amines is 1. The lowest BCUT2D eigenvalue weighted by Gasteiger charge is -2.52. The molecule has 73 heavy (non-hydrogen) atoms. The number of aromatic nitrogens is 3. The number of primary sulfonamides is 1. The Balaban J connectivity index is 0.000000198. The van der Waals surface area contributed by atoms with Crippen LogP contribution in [0, 0.1) is 17.8 Å². The minimum Gasteiger partial charge on any atom is -0.497 e. The van der Waals surface area contributed by atoms with Crippen molar-refractivity contribution in [3.05, 3.63) is 94.8 Å². The fourth-order valence-electron chi connectivity index (χ4n) is 10.3. The van der Waals surface area contributed by atoms with Crippen LogP contribution < -0.4 is 45.4 Å². The molecule has 5 heterocycles. The van der Waals surface area contributed by atoms with Crippen molar-refractivity contribution < 1.29 is 59.6 Å². The van der Waals surface area contributed by atoms with Gasteiger partial charge in [-0.2, -0.15) is 9.82 Å². The van der Waals surface area contributed by atoms with Gasteiger partial charge in [0.25, 0.3) is 0 Å². The standard InChI is InChI=1S/C33H40N2O9.C8H8N4.C7H8ClN3O4S2/c1-38-19-7-8-20-21-9-10-35-16-18-13-27(44-32(36)17-11-25(39-2)30(41-4)26(12-17)40-3)31(42-5)28(33(37)43-6)22(18)15-24(35)29(21)34-23(20)14-19;9-11-8-7-4-2-1-3-6(7)5-10-12-8;8-4-1-5-7(2-6(4)16(9,12)13)17(14,15)11-3-10-5/h7-8,11-12,14,18,22,24,27-28,31,34H,9-10,13,15-16H2,1-6H3;1-5H,9H2,(H,11,12);1-2,10-11H,3H2,(H2,9,12,13)/t18-,22+,24-,27-,28+,31+;;/m1../s1. The van der Waals surface area contributed by atoms with Crippen molar-refractivity contribution in [3.8, 4) is 23.0 Å². The van der Waals surface area contributed by atoms with Gasteiger partial charge in [-0.1, -0.05) is 35.9 Å². The molecule has 0 unspecified atom stereocenters. The number of esters is 2. The zero-order valence-electron chi connectivity index (χ0n) is 40.6. The molecule has 22 nitrogen and oxygen atoms in total. The normalized spacial score (nSPS) is 21.7. The van der Waals surface area contributed by atoms with Gasteiger partial charge in [0, 0.05) is 53.6 Å². The highest BCUT2D eigenvalue weighted by Crippen LogP contribution is 2.51. The molecule has 10 rings (SSSR count). The average molecular weight is 1070 g/mol. The minimum absolute atomic E-state index is 0.0143. The predicted octanol–water partition coefficient (Wildman–Crippen LogP) is 4.74. The zero-order valence-corrected chi connectivity index (χ0v) is 43.0. The van der Waals surface area contributed by atoms with Crippen LogP contribution in [0.3, 0.4) is 0 Å². The number of ether oxygens (including phenoxy) is 7. The van der Waals surface area contributed by atoms with Gasteiger partial charge in [-0.05, 0) is 73.1 Å². The van der Waals surface area contributed by atoms with Gasteiger partial charge in [-0.15, -0.1) is 5.10 Å². The number of nitrogen functional groups attached to an aromatic ring is 1. The van der Waals surface area contributed by atoms with Crippen LogP contribution in [0.2, 0.25) is 5.02 Å². The first-order valence-corrected chi connectivity index (χ1v) is 26.2. The second-order valence-corrected chi connectivity index (χ2v) is 21.1. The van der Waals surface area contributed by atoms with Crippen molar-refractivity contribution in [2.24, 2.45) is 28.7 Å². The summed E-state index contributed by atoms with van der Waals surface area (Å²) in [4.78, 5) is 32.5. The van der Waals surface area contributed by atoms with E-state index in [0.717, 1.165) is 54.0 Å². The van der Waals surface area contributed by atoms with Crippen LogP contribution in [0.25, 0.3) is 21.7 Å². The number of halogens is 1.